The molecule has 4 N–H and O–H groups in total. The van der Waals surface area contributed by atoms with E-state index in [0.717, 1.165) is 24.0 Å². The van der Waals surface area contributed by atoms with Crippen molar-refractivity contribution in [1.29, 1.82) is 0 Å². The fraction of sp³-hybridized carbons (Fsp3) is 0.353. The molecule has 104 valence electrons. The first-order valence-corrected chi connectivity index (χ1v) is 7.23. The smallest absolute Gasteiger partial charge is 0.128 e. The Morgan fingerprint density at radius 1 is 1.25 bits per heavy atom. The van der Waals surface area contributed by atoms with E-state index in [0.29, 0.717) is 11.7 Å². The molecule has 3 rings (SSSR count). The molecule has 1 aliphatic rings. The third kappa shape index (κ3) is 2.18. The summed E-state index contributed by atoms with van der Waals surface area (Å²) < 4.78 is 0. The Hall–Kier alpha value is -1.87. The molecule has 2 aromatic rings. The maximum Gasteiger partial charge on any atom is 0.128 e. The van der Waals surface area contributed by atoms with Crippen LogP contribution in [0.15, 0.2) is 36.5 Å². The maximum atomic E-state index is 6.57. The van der Waals surface area contributed by atoms with E-state index in [9.17, 15) is 0 Å². The zero-order valence-corrected chi connectivity index (χ0v) is 11.8. The molecule has 0 spiro atoms. The first-order valence-electron chi connectivity index (χ1n) is 7.23. The Balaban J connectivity index is 2.02. The van der Waals surface area contributed by atoms with Gasteiger partial charge in [0, 0.05) is 23.7 Å². The van der Waals surface area contributed by atoms with Gasteiger partial charge in [0.15, 0.2) is 0 Å². The van der Waals surface area contributed by atoms with Gasteiger partial charge in [-0.2, -0.15) is 0 Å². The van der Waals surface area contributed by atoms with Gasteiger partial charge in [0.1, 0.15) is 5.82 Å². The first-order chi connectivity index (χ1) is 9.68. The zero-order chi connectivity index (χ0) is 14.1. The molecule has 0 saturated heterocycles. The molecular formula is C17H21N3. The summed E-state index contributed by atoms with van der Waals surface area (Å²) in [5.74, 6) is 0.908. The topological polar surface area (TPSA) is 64.9 Å². The molecule has 3 nitrogen and oxygen atoms in total. The third-order valence-electron chi connectivity index (χ3n) is 4.42. The number of nitrogens with zero attached hydrogens (tertiary/aromatic N) is 1. The normalized spacial score (nSPS) is 19.4. The highest BCUT2D eigenvalue weighted by molar-refractivity contribution is 5.48. The minimum atomic E-state index is -0.0786. The minimum Gasteiger partial charge on any atom is -0.383 e. The van der Waals surface area contributed by atoms with E-state index in [1.165, 1.54) is 17.5 Å². The Kier molecular flexibility index (Phi) is 3.45. The van der Waals surface area contributed by atoms with E-state index in [-0.39, 0.29) is 6.04 Å². The summed E-state index contributed by atoms with van der Waals surface area (Å²) >= 11 is 0. The van der Waals surface area contributed by atoms with Crippen LogP contribution >= 0.6 is 0 Å². The highest BCUT2D eigenvalue weighted by Gasteiger charge is 2.28. The van der Waals surface area contributed by atoms with Crippen molar-refractivity contribution in [2.24, 2.45) is 5.73 Å². The van der Waals surface area contributed by atoms with Gasteiger partial charge in [0.25, 0.3) is 0 Å². The Bertz CT molecular complexity index is 601. The Morgan fingerprint density at radius 3 is 2.85 bits per heavy atom. The lowest BCUT2D eigenvalue weighted by molar-refractivity contribution is 0.473. The molecule has 0 aliphatic heterocycles. The van der Waals surface area contributed by atoms with Crippen molar-refractivity contribution >= 4 is 5.82 Å². The van der Waals surface area contributed by atoms with Gasteiger partial charge >= 0.3 is 0 Å². The van der Waals surface area contributed by atoms with Gasteiger partial charge in [-0.25, -0.2) is 4.98 Å². The predicted octanol–water partition coefficient (Wildman–Crippen LogP) is 3.09. The molecular weight excluding hydrogens is 246 g/mol. The molecule has 1 aromatic heterocycles. The number of nitrogen functional groups attached to an aromatic ring is 1. The van der Waals surface area contributed by atoms with E-state index in [1.807, 2.05) is 6.07 Å². The van der Waals surface area contributed by atoms with Gasteiger partial charge < -0.3 is 11.5 Å². The summed E-state index contributed by atoms with van der Waals surface area (Å²) in [7, 11) is 0. The number of aryl methyl sites for hydroxylation is 2. The number of benzene rings is 1. The molecule has 1 heterocycles. The number of pyridine rings is 1. The number of rotatable bonds is 2. The van der Waals surface area contributed by atoms with Crippen molar-refractivity contribution in [3.05, 3.63) is 58.8 Å². The zero-order valence-electron chi connectivity index (χ0n) is 11.8. The van der Waals surface area contributed by atoms with E-state index in [2.05, 4.69) is 36.2 Å². The molecule has 20 heavy (non-hydrogen) atoms. The SMILES string of the molecule is Cc1ccnc(N)c1C(N)C1CCCc2ccccc21. The van der Waals surface area contributed by atoms with Crippen LogP contribution in [-0.4, -0.2) is 4.98 Å². The van der Waals surface area contributed by atoms with Gasteiger partial charge in [-0.1, -0.05) is 24.3 Å². The number of nitrogens with two attached hydrogens (primary N) is 2. The molecule has 2 atom stereocenters. The van der Waals surface area contributed by atoms with Crippen LogP contribution in [0, 0.1) is 6.92 Å². The lowest BCUT2D eigenvalue weighted by Gasteiger charge is -2.31. The van der Waals surface area contributed by atoms with Crippen LogP contribution in [0.25, 0.3) is 0 Å². The van der Waals surface area contributed by atoms with Gasteiger partial charge in [0.05, 0.1) is 0 Å². The van der Waals surface area contributed by atoms with Crippen LogP contribution in [0.5, 0.6) is 0 Å². The molecule has 1 aliphatic carbocycles. The van der Waals surface area contributed by atoms with Gasteiger partial charge in [-0.15, -0.1) is 0 Å². The largest absolute Gasteiger partial charge is 0.383 e. The van der Waals surface area contributed by atoms with Crippen molar-refractivity contribution in [2.45, 2.75) is 38.1 Å². The molecule has 0 fully saturated rings. The quantitative estimate of drug-likeness (QED) is 0.878. The van der Waals surface area contributed by atoms with Gasteiger partial charge in [-0.3, -0.25) is 0 Å². The number of anilines is 1. The van der Waals surface area contributed by atoms with E-state index in [4.69, 9.17) is 11.5 Å². The summed E-state index contributed by atoms with van der Waals surface area (Å²) in [6.07, 6.45) is 5.21. The Labute approximate surface area is 120 Å². The molecule has 3 heteroatoms. The van der Waals surface area contributed by atoms with Crippen molar-refractivity contribution in [1.82, 2.24) is 4.98 Å². The maximum absolute atomic E-state index is 6.57. The number of hydrogen-bond donors (Lipinski definition) is 2. The summed E-state index contributed by atoms with van der Waals surface area (Å²) in [4.78, 5) is 4.21. The second-order valence-corrected chi connectivity index (χ2v) is 5.65. The average molecular weight is 267 g/mol. The second-order valence-electron chi connectivity index (χ2n) is 5.65. The molecule has 2 unspecified atom stereocenters. The first kappa shape index (κ1) is 13.1. The van der Waals surface area contributed by atoms with Gasteiger partial charge in [0.2, 0.25) is 0 Å². The standard InChI is InChI=1S/C17H21N3/c1-11-9-10-20-17(19)15(11)16(18)14-8-4-6-12-5-2-3-7-13(12)14/h2-3,5,7,9-10,14,16H,4,6,8,18H2,1H3,(H2,19,20). The van der Waals surface area contributed by atoms with Crippen LogP contribution < -0.4 is 11.5 Å². The van der Waals surface area contributed by atoms with Crippen molar-refractivity contribution in [3.8, 4) is 0 Å². The summed E-state index contributed by atoms with van der Waals surface area (Å²) in [6, 6.07) is 10.5. The van der Waals surface area contributed by atoms with Crippen LogP contribution in [-0.2, 0) is 6.42 Å². The molecule has 0 radical (unpaired) electrons. The molecule has 0 saturated carbocycles. The highest BCUT2D eigenvalue weighted by atomic mass is 14.8. The fourth-order valence-corrected chi connectivity index (χ4v) is 3.39. The van der Waals surface area contributed by atoms with Crippen LogP contribution in [0.1, 0.15) is 47.1 Å². The Morgan fingerprint density at radius 2 is 2.05 bits per heavy atom. The van der Waals surface area contributed by atoms with Crippen molar-refractivity contribution in [2.75, 3.05) is 5.73 Å². The number of aromatic nitrogens is 1. The lowest BCUT2D eigenvalue weighted by atomic mass is 9.76. The fourth-order valence-electron chi connectivity index (χ4n) is 3.39. The third-order valence-corrected chi connectivity index (χ3v) is 4.42. The van der Waals surface area contributed by atoms with Crippen LogP contribution in [0.3, 0.4) is 0 Å². The summed E-state index contributed by atoms with van der Waals surface area (Å²) in [5.41, 5.74) is 17.6. The lowest BCUT2D eigenvalue weighted by Crippen LogP contribution is -2.25. The second kappa shape index (κ2) is 5.25. The van der Waals surface area contributed by atoms with Crippen molar-refractivity contribution in [3.63, 3.8) is 0 Å². The monoisotopic (exact) mass is 267 g/mol. The minimum absolute atomic E-state index is 0.0786. The van der Waals surface area contributed by atoms with Crippen LogP contribution in [0.4, 0.5) is 5.82 Å². The highest BCUT2D eigenvalue weighted by Crippen LogP contribution is 2.40. The van der Waals surface area contributed by atoms with E-state index >= 15 is 0 Å². The van der Waals surface area contributed by atoms with E-state index in [1.54, 1.807) is 6.20 Å². The molecule has 0 amide bonds. The molecule has 1 aromatic carbocycles. The summed E-state index contributed by atoms with van der Waals surface area (Å²) in [5, 5.41) is 0. The number of fused-ring (bicyclic) bond motifs is 1. The molecule has 0 bridgehead atoms. The summed E-state index contributed by atoms with van der Waals surface area (Å²) in [6.45, 7) is 2.06. The predicted molar refractivity (Wildman–Crippen MR) is 82.4 cm³/mol. The van der Waals surface area contributed by atoms with Gasteiger partial charge in [-0.05, 0) is 48.9 Å². The van der Waals surface area contributed by atoms with E-state index < -0.39 is 0 Å². The van der Waals surface area contributed by atoms with Crippen molar-refractivity contribution < 1.29 is 0 Å². The number of hydrogen-bond acceptors (Lipinski definition) is 3. The average Bonchev–Trinajstić information content (AvgIpc) is 2.46. The van der Waals surface area contributed by atoms with Crippen LogP contribution in [0.2, 0.25) is 0 Å².